The van der Waals surface area contributed by atoms with Gasteiger partial charge in [0.1, 0.15) is 5.75 Å². The number of phenolic OH excluding ortho intramolecular Hbond substituents is 1. The third-order valence-corrected chi connectivity index (χ3v) is 6.13. The van der Waals surface area contributed by atoms with Gasteiger partial charge >= 0.3 is 0 Å². The highest BCUT2D eigenvalue weighted by molar-refractivity contribution is 14.1. The van der Waals surface area contributed by atoms with E-state index in [-0.39, 0.29) is 11.7 Å². The van der Waals surface area contributed by atoms with Crippen LogP contribution in [0.5, 0.6) is 5.75 Å². The normalized spacial score (nSPS) is 11.2. The van der Waals surface area contributed by atoms with Crippen molar-refractivity contribution >= 4 is 66.6 Å². The summed E-state index contributed by atoms with van der Waals surface area (Å²) in [6, 6.07) is 13.4. The summed E-state index contributed by atoms with van der Waals surface area (Å²) in [6.07, 6.45) is 1.63. The van der Waals surface area contributed by atoms with Gasteiger partial charge in [-0.15, -0.1) is 0 Å². The van der Waals surface area contributed by atoms with E-state index < -0.39 is 0 Å². The minimum Gasteiger partial charge on any atom is -0.506 e. The maximum Gasteiger partial charge on any atom is 0.271 e. The molecule has 8 heteroatoms. The van der Waals surface area contributed by atoms with Crippen LogP contribution in [0.1, 0.15) is 27.3 Å². The van der Waals surface area contributed by atoms with Gasteiger partial charge < -0.3 is 9.67 Å². The Hall–Kier alpha value is -1.65. The summed E-state index contributed by atoms with van der Waals surface area (Å²) in [5, 5.41) is 13.8. The number of phenols is 1. The van der Waals surface area contributed by atoms with E-state index in [0.717, 1.165) is 22.6 Å². The van der Waals surface area contributed by atoms with Crippen molar-refractivity contribution in [1.82, 2.24) is 9.99 Å². The van der Waals surface area contributed by atoms with E-state index in [2.05, 4.69) is 93.8 Å². The summed E-state index contributed by atoms with van der Waals surface area (Å²) in [7, 11) is 0. The number of amides is 1. The molecule has 0 aliphatic heterocycles. The van der Waals surface area contributed by atoms with Gasteiger partial charge in [-0.05, 0) is 111 Å². The molecule has 0 unspecified atom stereocenters. The molecule has 1 aromatic heterocycles. The van der Waals surface area contributed by atoms with Gasteiger partial charge in [0.05, 0.1) is 15.2 Å². The van der Waals surface area contributed by atoms with Gasteiger partial charge in [-0.1, -0.05) is 0 Å². The van der Waals surface area contributed by atoms with Gasteiger partial charge in [-0.3, -0.25) is 4.79 Å². The number of carbonyl (C=O) groups is 1. The number of aromatic hydroxyl groups is 1. The van der Waals surface area contributed by atoms with Crippen LogP contribution in [0, 0.1) is 17.4 Å². The van der Waals surface area contributed by atoms with Crippen molar-refractivity contribution in [1.29, 1.82) is 0 Å². The van der Waals surface area contributed by atoms with Crippen LogP contribution in [0.3, 0.4) is 0 Å². The van der Waals surface area contributed by atoms with Gasteiger partial charge in [0.15, 0.2) is 0 Å². The van der Waals surface area contributed by atoms with Gasteiger partial charge in [0, 0.05) is 31.8 Å². The molecule has 0 spiro atoms. The van der Waals surface area contributed by atoms with Crippen molar-refractivity contribution in [2.75, 3.05) is 0 Å². The molecule has 0 radical (unpaired) electrons. The Balaban J connectivity index is 1.79. The Kier molecular flexibility index (Phi) is 6.61. The van der Waals surface area contributed by atoms with E-state index in [1.807, 2.05) is 19.9 Å². The molecule has 3 rings (SSSR count). The smallest absolute Gasteiger partial charge is 0.271 e. The number of hydrogen-bond donors (Lipinski definition) is 2. The van der Waals surface area contributed by atoms with E-state index in [0.29, 0.717) is 14.5 Å². The highest BCUT2D eigenvalue weighted by Gasteiger charge is 2.12. The molecule has 1 amide bonds. The molecule has 28 heavy (non-hydrogen) atoms. The first kappa shape index (κ1) is 21.1. The summed E-state index contributed by atoms with van der Waals surface area (Å²) < 4.78 is 4.18. The first-order valence-corrected chi connectivity index (χ1v) is 10.9. The number of rotatable bonds is 4. The summed E-state index contributed by atoms with van der Waals surface area (Å²) in [5.41, 5.74) is 7.01. The number of nitrogens with one attached hydrogen (secondary N) is 1. The molecular formula is C20H16Br2IN3O2. The maximum atomic E-state index is 12.3. The van der Waals surface area contributed by atoms with E-state index in [9.17, 15) is 9.90 Å². The van der Waals surface area contributed by atoms with Crippen molar-refractivity contribution < 1.29 is 9.90 Å². The zero-order valence-electron chi connectivity index (χ0n) is 15.0. The maximum absolute atomic E-state index is 12.3. The van der Waals surface area contributed by atoms with E-state index in [1.165, 1.54) is 15.7 Å². The highest BCUT2D eigenvalue weighted by Crippen LogP contribution is 2.33. The second kappa shape index (κ2) is 8.79. The Bertz CT molecular complexity index is 1050. The molecule has 0 saturated heterocycles. The van der Waals surface area contributed by atoms with Crippen LogP contribution in [0.15, 0.2) is 56.5 Å². The van der Waals surface area contributed by atoms with Gasteiger partial charge in [0.25, 0.3) is 5.91 Å². The molecule has 0 fully saturated rings. The standard InChI is InChI=1S/C20H16Br2IN3O2/c1-11-7-14(12(2)26(11)16-5-3-15(23)4-6-16)10-24-25-20(28)13-8-17(21)19(27)18(22)9-13/h3-10,27H,1-2H3,(H,25,28)/b24-10-. The van der Waals surface area contributed by atoms with Crippen molar-refractivity contribution in [3.8, 4) is 11.4 Å². The second-order valence-electron chi connectivity index (χ2n) is 6.13. The van der Waals surface area contributed by atoms with Crippen LogP contribution >= 0.6 is 54.5 Å². The minimum atomic E-state index is -0.371. The zero-order valence-corrected chi connectivity index (χ0v) is 20.3. The van der Waals surface area contributed by atoms with E-state index in [4.69, 9.17) is 0 Å². The van der Waals surface area contributed by atoms with E-state index >= 15 is 0 Å². The molecule has 144 valence electrons. The van der Waals surface area contributed by atoms with Crippen molar-refractivity contribution in [3.63, 3.8) is 0 Å². The lowest BCUT2D eigenvalue weighted by Gasteiger charge is -2.09. The molecule has 0 atom stereocenters. The average Bonchev–Trinajstić information content (AvgIpc) is 2.93. The number of aromatic nitrogens is 1. The predicted molar refractivity (Wildman–Crippen MR) is 127 cm³/mol. The lowest BCUT2D eigenvalue weighted by molar-refractivity contribution is 0.0955. The van der Waals surface area contributed by atoms with Crippen molar-refractivity contribution in [2.24, 2.45) is 5.10 Å². The molecular weight excluding hydrogens is 601 g/mol. The summed E-state index contributed by atoms with van der Waals surface area (Å²) in [4.78, 5) is 12.3. The SMILES string of the molecule is Cc1cc(/C=N\NC(=O)c2cc(Br)c(O)c(Br)c2)c(C)n1-c1ccc(I)cc1. The fourth-order valence-electron chi connectivity index (χ4n) is 2.83. The molecule has 0 aliphatic rings. The molecule has 2 N–H and O–H groups in total. The Morgan fingerprint density at radius 1 is 1.14 bits per heavy atom. The topological polar surface area (TPSA) is 66.6 Å². The average molecular weight is 617 g/mol. The Labute approximate surface area is 193 Å². The first-order chi connectivity index (χ1) is 13.3. The molecule has 3 aromatic rings. The number of hydrazone groups is 1. The van der Waals surface area contributed by atoms with Crippen LogP contribution in [-0.4, -0.2) is 21.8 Å². The predicted octanol–water partition coefficient (Wildman–Crippen LogP) is 5.69. The zero-order chi connectivity index (χ0) is 20.4. The number of aryl methyl sites for hydroxylation is 1. The van der Waals surface area contributed by atoms with Crippen LogP contribution < -0.4 is 5.43 Å². The van der Waals surface area contributed by atoms with Crippen LogP contribution in [0.2, 0.25) is 0 Å². The first-order valence-electron chi connectivity index (χ1n) is 8.24. The summed E-state index contributed by atoms with van der Waals surface area (Å²) in [6.45, 7) is 4.05. The summed E-state index contributed by atoms with van der Waals surface area (Å²) >= 11 is 8.71. The molecule has 0 saturated carbocycles. The lowest BCUT2D eigenvalue weighted by atomic mass is 10.2. The van der Waals surface area contributed by atoms with Crippen molar-refractivity contribution in [3.05, 3.63) is 77.5 Å². The lowest BCUT2D eigenvalue weighted by Crippen LogP contribution is -2.17. The number of benzene rings is 2. The quantitative estimate of drug-likeness (QED) is 0.225. The third-order valence-electron chi connectivity index (χ3n) is 4.20. The number of hydrogen-bond acceptors (Lipinski definition) is 3. The molecule has 1 heterocycles. The third kappa shape index (κ3) is 4.49. The van der Waals surface area contributed by atoms with Crippen LogP contribution in [0.25, 0.3) is 5.69 Å². The fourth-order valence-corrected chi connectivity index (χ4v) is 4.37. The largest absolute Gasteiger partial charge is 0.506 e. The molecule has 0 aliphatic carbocycles. The molecule has 2 aromatic carbocycles. The number of halogens is 3. The van der Waals surface area contributed by atoms with Gasteiger partial charge in [-0.2, -0.15) is 5.10 Å². The second-order valence-corrected chi connectivity index (χ2v) is 9.08. The minimum absolute atomic E-state index is 0.0445. The van der Waals surface area contributed by atoms with Gasteiger partial charge in [-0.25, -0.2) is 5.43 Å². The van der Waals surface area contributed by atoms with E-state index in [1.54, 1.807) is 6.21 Å². The Morgan fingerprint density at radius 3 is 2.36 bits per heavy atom. The summed E-state index contributed by atoms with van der Waals surface area (Å²) in [5.74, 6) is -0.327. The van der Waals surface area contributed by atoms with Crippen LogP contribution in [0.4, 0.5) is 0 Å². The van der Waals surface area contributed by atoms with Gasteiger partial charge in [0.2, 0.25) is 0 Å². The fraction of sp³-hybridized carbons (Fsp3) is 0.100. The van der Waals surface area contributed by atoms with Crippen LogP contribution in [-0.2, 0) is 0 Å². The Morgan fingerprint density at radius 2 is 1.75 bits per heavy atom. The number of carbonyl (C=O) groups excluding carboxylic acids is 1. The molecule has 5 nitrogen and oxygen atoms in total. The number of nitrogens with zero attached hydrogens (tertiary/aromatic N) is 2. The molecule has 0 bridgehead atoms. The monoisotopic (exact) mass is 615 g/mol. The van der Waals surface area contributed by atoms with Crippen molar-refractivity contribution in [2.45, 2.75) is 13.8 Å². The highest BCUT2D eigenvalue weighted by atomic mass is 127.